The number of aryl methyl sites for hydroxylation is 1. The zero-order chi connectivity index (χ0) is 23.5. The van der Waals surface area contributed by atoms with Gasteiger partial charge in [-0.3, -0.25) is 14.2 Å². The second-order valence-electron chi connectivity index (χ2n) is 7.63. The largest absolute Gasteiger partial charge is 0.497 e. The second-order valence-corrected chi connectivity index (χ2v) is 8.49. The number of hydrogen-bond donors (Lipinski definition) is 1. The fourth-order valence-electron chi connectivity index (χ4n) is 3.75. The Morgan fingerprint density at radius 1 is 1.15 bits per heavy atom. The lowest BCUT2D eigenvalue weighted by atomic mass is 10.0. The lowest BCUT2D eigenvalue weighted by molar-refractivity contribution is -0.119. The number of carbonyl (C=O) groups excluding carboxylic acids is 1. The standard InChI is InChI=1S/C25H25N3O4S/c1-5-20(23(29)27-19-12-17(31-3)10-11-21(19)32-4)28-14-26-24-22(25(28)30)18(13-33-24)16-8-6-15(2)7-9-16/h6-14,20H,5H2,1-4H3,(H,27,29). The van der Waals surface area contributed by atoms with Gasteiger partial charge in [-0.05, 0) is 31.0 Å². The van der Waals surface area contributed by atoms with Gasteiger partial charge in [0.05, 0.1) is 31.6 Å². The van der Waals surface area contributed by atoms with E-state index >= 15 is 0 Å². The molecule has 33 heavy (non-hydrogen) atoms. The van der Waals surface area contributed by atoms with Crippen molar-refractivity contribution in [3.8, 4) is 22.6 Å². The Hall–Kier alpha value is -3.65. The lowest BCUT2D eigenvalue weighted by Gasteiger charge is -2.19. The summed E-state index contributed by atoms with van der Waals surface area (Å²) in [6.07, 6.45) is 1.87. The summed E-state index contributed by atoms with van der Waals surface area (Å²) < 4.78 is 12.0. The molecule has 0 saturated heterocycles. The van der Waals surface area contributed by atoms with E-state index in [0.29, 0.717) is 33.8 Å². The molecular weight excluding hydrogens is 438 g/mol. The Balaban J connectivity index is 1.73. The van der Waals surface area contributed by atoms with E-state index < -0.39 is 6.04 Å². The minimum Gasteiger partial charge on any atom is -0.497 e. The maximum atomic E-state index is 13.5. The number of thiophene rings is 1. The van der Waals surface area contributed by atoms with Crippen molar-refractivity contribution in [3.63, 3.8) is 0 Å². The van der Waals surface area contributed by atoms with Crippen LogP contribution < -0.4 is 20.3 Å². The van der Waals surface area contributed by atoms with Crippen LogP contribution in [0.4, 0.5) is 5.69 Å². The third-order valence-corrected chi connectivity index (χ3v) is 6.46. The number of benzene rings is 2. The van der Waals surface area contributed by atoms with E-state index in [4.69, 9.17) is 9.47 Å². The van der Waals surface area contributed by atoms with Crippen molar-refractivity contribution in [2.45, 2.75) is 26.3 Å². The number of nitrogens with zero attached hydrogens (tertiary/aromatic N) is 2. The third kappa shape index (κ3) is 4.34. The summed E-state index contributed by atoms with van der Waals surface area (Å²) in [4.78, 5) is 31.9. The van der Waals surface area contributed by atoms with Gasteiger partial charge in [0.1, 0.15) is 22.4 Å². The summed E-state index contributed by atoms with van der Waals surface area (Å²) >= 11 is 1.42. The maximum Gasteiger partial charge on any atom is 0.263 e. The number of anilines is 1. The van der Waals surface area contributed by atoms with Crippen molar-refractivity contribution in [1.29, 1.82) is 0 Å². The van der Waals surface area contributed by atoms with E-state index in [1.807, 2.05) is 43.5 Å². The average molecular weight is 464 g/mol. The highest BCUT2D eigenvalue weighted by atomic mass is 32.1. The number of aromatic nitrogens is 2. The molecule has 0 aliphatic carbocycles. The highest BCUT2D eigenvalue weighted by Gasteiger charge is 2.24. The summed E-state index contributed by atoms with van der Waals surface area (Å²) in [5.74, 6) is 0.749. The number of fused-ring (bicyclic) bond motifs is 1. The molecular formula is C25H25N3O4S. The van der Waals surface area contributed by atoms with Crippen molar-refractivity contribution >= 4 is 33.1 Å². The molecule has 0 radical (unpaired) electrons. The molecule has 0 saturated carbocycles. The quantitative estimate of drug-likeness (QED) is 0.415. The molecule has 1 atom stereocenters. The van der Waals surface area contributed by atoms with Gasteiger partial charge in [0, 0.05) is 17.0 Å². The monoisotopic (exact) mass is 463 g/mol. The van der Waals surface area contributed by atoms with E-state index in [1.54, 1.807) is 25.3 Å². The highest BCUT2D eigenvalue weighted by Crippen LogP contribution is 2.32. The summed E-state index contributed by atoms with van der Waals surface area (Å²) in [5, 5.41) is 5.34. The van der Waals surface area contributed by atoms with Crippen LogP contribution in [0.5, 0.6) is 11.5 Å². The number of ether oxygens (including phenoxy) is 2. The fraction of sp³-hybridized carbons (Fsp3) is 0.240. The van der Waals surface area contributed by atoms with Crippen molar-refractivity contribution in [2.75, 3.05) is 19.5 Å². The van der Waals surface area contributed by atoms with Crippen LogP contribution in [0.3, 0.4) is 0 Å². The molecule has 4 rings (SSSR count). The molecule has 0 bridgehead atoms. The Labute approximate surface area is 195 Å². The van der Waals surface area contributed by atoms with E-state index in [9.17, 15) is 9.59 Å². The van der Waals surface area contributed by atoms with Crippen LogP contribution in [0, 0.1) is 6.92 Å². The summed E-state index contributed by atoms with van der Waals surface area (Å²) in [7, 11) is 3.08. The Bertz CT molecular complexity index is 1360. The van der Waals surface area contributed by atoms with Gasteiger partial charge in [-0.15, -0.1) is 11.3 Å². The van der Waals surface area contributed by atoms with Gasteiger partial charge < -0.3 is 14.8 Å². The van der Waals surface area contributed by atoms with Crippen molar-refractivity contribution in [1.82, 2.24) is 9.55 Å². The van der Waals surface area contributed by atoms with Crippen LogP contribution in [0.1, 0.15) is 24.9 Å². The number of carbonyl (C=O) groups is 1. The zero-order valence-corrected chi connectivity index (χ0v) is 19.7. The van der Waals surface area contributed by atoms with E-state index in [0.717, 1.165) is 16.7 Å². The molecule has 0 fully saturated rings. The smallest absolute Gasteiger partial charge is 0.263 e. The van der Waals surface area contributed by atoms with Crippen molar-refractivity contribution in [2.24, 2.45) is 0 Å². The molecule has 1 unspecified atom stereocenters. The molecule has 0 aliphatic heterocycles. The van der Waals surface area contributed by atoms with Crippen LogP contribution in [0.25, 0.3) is 21.3 Å². The predicted molar refractivity (Wildman–Crippen MR) is 132 cm³/mol. The van der Waals surface area contributed by atoms with Gasteiger partial charge in [0.15, 0.2) is 0 Å². The summed E-state index contributed by atoms with van der Waals surface area (Å²) in [5.41, 5.74) is 3.15. The number of rotatable bonds is 7. The lowest BCUT2D eigenvalue weighted by Crippen LogP contribution is -2.33. The minimum atomic E-state index is -0.740. The number of nitrogens with one attached hydrogen (secondary N) is 1. The molecule has 0 spiro atoms. The number of methoxy groups -OCH3 is 2. The molecule has 1 amide bonds. The van der Waals surface area contributed by atoms with Gasteiger partial charge in [0.25, 0.3) is 5.56 Å². The van der Waals surface area contributed by atoms with E-state index in [2.05, 4.69) is 10.3 Å². The normalized spacial score (nSPS) is 11.9. The van der Waals surface area contributed by atoms with E-state index in [1.165, 1.54) is 29.3 Å². The molecule has 7 nitrogen and oxygen atoms in total. The number of amides is 1. The topological polar surface area (TPSA) is 82.4 Å². The summed E-state index contributed by atoms with van der Waals surface area (Å²) in [6.45, 7) is 3.88. The van der Waals surface area contributed by atoms with Crippen LogP contribution in [0.15, 0.2) is 59.0 Å². The minimum absolute atomic E-state index is 0.239. The first-order valence-corrected chi connectivity index (χ1v) is 11.4. The fourth-order valence-corrected chi connectivity index (χ4v) is 4.66. The van der Waals surface area contributed by atoms with Gasteiger partial charge in [-0.2, -0.15) is 0 Å². The first-order valence-electron chi connectivity index (χ1n) is 10.5. The number of hydrogen-bond acceptors (Lipinski definition) is 6. The van der Waals surface area contributed by atoms with Crippen LogP contribution >= 0.6 is 11.3 Å². The van der Waals surface area contributed by atoms with Crippen LogP contribution in [-0.2, 0) is 4.79 Å². The molecule has 170 valence electrons. The predicted octanol–water partition coefficient (Wildman–Crippen LogP) is 5.04. The first-order chi connectivity index (χ1) is 16.0. The van der Waals surface area contributed by atoms with Crippen molar-refractivity contribution in [3.05, 3.63) is 70.1 Å². The van der Waals surface area contributed by atoms with E-state index in [-0.39, 0.29) is 11.5 Å². The molecule has 2 heterocycles. The molecule has 0 aliphatic rings. The van der Waals surface area contributed by atoms with Crippen LogP contribution in [-0.4, -0.2) is 29.7 Å². The van der Waals surface area contributed by atoms with Gasteiger partial charge >= 0.3 is 0 Å². The maximum absolute atomic E-state index is 13.5. The SMILES string of the molecule is CCC(C(=O)Nc1cc(OC)ccc1OC)n1cnc2scc(-c3ccc(C)cc3)c2c1=O. The Kier molecular flexibility index (Phi) is 6.46. The average Bonchev–Trinajstić information content (AvgIpc) is 3.26. The molecule has 4 aromatic rings. The zero-order valence-electron chi connectivity index (χ0n) is 18.9. The Morgan fingerprint density at radius 3 is 2.58 bits per heavy atom. The second kappa shape index (κ2) is 9.46. The van der Waals surface area contributed by atoms with Crippen molar-refractivity contribution < 1.29 is 14.3 Å². The molecule has 1 N–H and O–H groups in total. The molecule has 2 aromatic carbocycles. The van der Waals surface area contributed by atoms with Gasteiger partial charge in [-0.25, -0.2) is 4.98 Å². The molecule has 8 heteroatoms. The molecule has 2 aromatic heterocycles. The van der Waals surface area contributed by atoms with Gasteiger partial charge in [0.2, 0.25) is 5.91 Å². The first kappa shape index (κ1) is 22.5. The Morgan fingerprint density at radius 2 is 1.91 bits per heavy atom. The van der Waals surface area contributed by atoms with Gasteiger partial charge in [-0.1, -0.05) is 36.8 Å². The van der Waals surface area contributed by atoms with Crippen LogP contribution in [0.2, 0.25) is 0 Å². The summed E-state index contributed by atoms with van der Waals surface area (Å²) in [6, 6.07) is 12.4. The highest BCUT2D eigenvalue weighted by molar-refractivity contribution is 7.17. The third-order valence-electron chi connectivity index (χ3n) is 5.57.